The Bertz CT molecular complexity index is 1060. The molecule has 150 valence electrons. The van der Waals surface area contributed by atoms with Gasteiger partial charge in [-0.25, -0.2) is 0 Å². The number of hydrogen-bond acceptors (Lipinski definition) is 7. The zero-order valence-corrected chi connectivity index (χ0v) is 17.3. The molecule has 10 heteroatoms. The van der Waals surface area contributed by atoms with Crippen LogP contribution in [0.3, 0.4) is 0 Å². The number of thioether (sulfide) groups is 1. The third kappa shape index (κ3) is 4.52. The van der Waals surface area contributed by atoms with Crippen molar-refractivity contribution < 1.29 is 13.7 Å². The number of morpholine rings is 1. The van der Waals surface area contributed by atoms with Crippen LogP contribution in [0.4, 0.5) is 5.69 Å². The molecule has 1 aliphatic rings. The molecular weight excluding hydrogens is 398 g/mol. The summed E-state index contributed by atoms with van der Waals surface area (Å²) in [4.78, 5) is 10.8. The zero-order valence-electron chi connectivity index (χ0n) is 15.6. The number of H-pyrrole nitrogens is 2. The first-order valence-corrected chi connectivity index (χ1v) is 11.4. The molecule has 0 amide bonds. The number of ether oxygens (including phenoxy) is 1. The maximum Gasteiger partial charge on any atom is 0.219 e. The minimum absolute atomic E-state index is 0.539. The van der Waals surface area contributed by atoms with Gasteiger partial charge in [-0.2, -0.15) is 20.5 Å². The number of rotatable bonds is 6. The van der Waals surface area contributed by atoms with Gasteiger partial charge in [0, 0.05) is 43.0 Å². The van der Waals surface area contributed by atoms with E-state index in [0.717, 1.165) is 54.5 Å². The van der Waals surface area contributed by atoms with E-state index >= 15 is 0 Å². The van der Waals surface area contributed by atoms with E-state index < -0.39 is 11.1 Å². The third-order valence-corrected chi connectivity index (χ3v) is 6.22. The van der Waals surface area contributed by atoms with Gasteiger partial charge in [0.25, 0.3) is 0 Å². The van der Waals surface area contributed by atoms with Gasteiger partial charge in [-0.05, 0) is 18.2 Å². The van der Waals surface area contributed by atoms with Crippen molar-refractivity contribution in [1.29, 1.82) is 0 Å². The summed E-state index contributed by atoms with van der Waals surface area (Å²) < 4.78 is 28.3. The highest BCUT2D eigenvalue weighted by Gasteiger charge is 2.13. The Hall–Kier alpha value is -2.01. The number of furan rings is 1. The summed E-state index contributed by atoms with van der Waals surface area (Å²) in [5, 5.41) is 1.13. The van der Waals surface area contributed by atoms with Gasteiger partial charge in [0.15, 0.2) is 0 Å². The highest BCUT2D eigenvalue weighted by Crippen LogP contribution is 2.27. The van der Waals surface area contributed by atoms with Gasteiger partial charge >= 0.3 is 0 Å². The van der Waals surface area contributed by atoms with Crippen molar-refractivity contribution in [3.05, 3.63) is 41.0 Å². The Morgan fingerprint density at radius 3 is 2.86 bits per heavy atom. The molecule has 1 fully saturated rings. The molecule has 4 rings (SSSR count). The van der Waals surface area contributed by atoms with Crippen molar-refractivity contribution in [3.63, 3.8) is 0 Å². The fourth-order valence-electron chi connectivity index (χ4n) is 3.12. The van der Waals surface area contributed by atoms with Crippen molar-refractivity contribution in [2.24, 2.45) is 9.98 Å². The smallest absolute Gasteiger partial charge is 0.219 e. The van der Waals surface area contributed by atoms with Crippen molar-refractivity contribution in [1.82, 2.24) is 8.75 Å². The van der Waals surface area contributed by atoms with E-state index in [1.54, 1.807) is 18.8 Å². The predicted molar refractivity (Wildman–Crippen MR) is 111 cm³/mol. The number of hydrogen-bond donors (Lipinski definition) is 2. The van der Waals surface area contributed by atoms with Crippen molar-refractivity contribution in [2.75, 3.05) is 50.5 Å². The van der Waals surface area contributed by atoms with Crippen LogP contribution >= 0.6 is 22.9 Å². The van der Waals surface area contributed by atoms with Crippen LogP contribution in [0.1, 0.15) is 5.76 Å². The monoisotopic (exact) mass is 421 g/mol. The van der Waals surface area contributed by atoms with E-state index in [2.05, 4.69) is 47.9 Å². The van der Waals surface area contributed by atoms with Crippen molar-refractivity contribution in [2.45, 2.75) is 5.75 Å². The highest BCUT2D eigenvalue weighted by molar-refractivity contribution is 7.98. The Morgan fingerprint density at radius 1 is 1.21 bits per heavy atom. The average molecular weight is 422 g/mol. The van der Waals surface area contributed by atoms with E-state index in [-0.39, 0.29) is 0 Å². The van der Waals surface area contributed by atoms with E-state index in [1.165, 1.54) is 5.69 Å². The molecule has 3 aromatic rings. The molecule has 1 aliphatic heterocycles. The molecule has 3 heterocycles. The largest absolute Gasteiger partial charge is 0.549 e. The van der Waals surface area contributed by atoms with Crippen molar-refractivity contribution in [3.8, 4) is 0 Å². The zero-order chi connectivity index (χ0) is 19.3. The summed E-state index contributed by atoms with van der Waals surface area (Å²) in [6.45, 7) is 4.00. The van der Waals surface area contributed by atoms with Crippen LogP contribution in [-0.2, 0) is 10.5 Å². The molecule has 0 bridgehead atoms. The first kappa shape index (κ1) is 19.3. The molecule has 1 unspecified atom stereocenters. The van der Waals surface area contributed by atoms with Gasteiger partial charge in [0.05, 0.1) is 25.5 Å². The molecular formula is C18H23N5O3S2. The number of nitrogens with zero attached hydrogens (tertiary/aromatic N) is 3. The van der Waals surface area contributed by atoms with Gasteiger partial charge in [0.2, 0.25) is 11.0 Å². The normalized spacial score (nSPS) is 17.1. The summed E-state index contributed by atoms with van der Waals surface area (Å²) in [5.41, 5.74) is 3.20. The lowest BCUT2D eigenvalue weighted by atomic mass is 10.2. The lowest BCUT2D eigenvalue weighted by Gasteiger charge is -2.28. The number of aromatic nitrogens is 2. The van der Waals surface area contributed by atoms with Gasteiger partial charge in [-0.3, -0.25) is 9.98 Å². The summed E-state index contributed by atoms with van der Waals surface area (Å²) >= 11 is 0.428. The van der Waals surface area contributed by atoms with Crippen LogP contribution in [0, 0.1) is 0 Å². The number of nitrogens with one attached hydrogen (secondary N) is 2. The van der Waals surface area contributed by atoms with Crippen LogP contribution in [-0.4, -0.2) is 58.9 Å². The standard InChI is InChI=1S/C18H23N5O3S2/c1-19-17-18(22-28(24)21-17)20-4-9-27-12-15-10-13-2-3-14(11-16(13)26-15)23-5-7-25-8-6-23/h2-3,10-11H,4-9,12H2,1H3,(H,19,21)(H,20,22). The Balaban J connectivity index is 1.34. The van der Waals surface area contributed by atoms with Crippen LogP contribution in [0.25, 0.3) is 11.0 Å². The van der Waals surface area contributed by atoms with Gasteiger partial charge in [-0.1, -0.05) is 0 Å². The van der Waals surface area contributed by atoms with Crippen LogP contribution in [0.5, 0.6) is 0 Å². The Morgan fingerprint density at radius 2 is 2.04 bits per heavy atom. The fourth-order valence-corrected chi connectivity index (χ4v) is 4.58. The van der Waals surface area contributed by atoms with Crippen molar-refractivity contribution >= 4 is 39.6 Å². The second-order valence-corrected chi connectivity index (χ2v) is 8.41. The quantitative estimate of drug-likeness (QED) is 0.468. The van der Waals surface area contributed by atoms with Gasteiger partial charge < -0.3 is 18.6 Å². The maximum absolute atomic E-state index is 11.4. The fraction of sp³-hybridized carbons (Fsp3) is 0.444. The van der Waals surface area contributed by atoms with E-state index in [4.69, 9.17) is 9.15 Å². The molecule has 0 spiro atoms. The minimum atomic E-state index is -1.33. The minimum Gasteiger partial charge on any atom is -0.549 e. The number of aromatic amines is 2. The molecule has 0 aliphatic carbocycles. The third-order valence-electron chi connectivity index (χ3n) is 4.51. The predicted octanol–water partition coefficient (Wildman–Crippen LogP) is 2.02. The first-order valence-electron chi connectivity index (χ1n) is 9.12. The summed E-state index contributed by atoms with van der Waals surface area (Å²) in [6.07, 6.45) is 0. The summed E-state index contributed by atoms with van der Waals surface area (Å²) in [7, 11) is 1.64. The molecule has 1 aromatic carbocycles. The van der Waals surface area contributed by atoms with E-state index in [9.17, 15) is 4.55 Å². The summed E-state index contributed by atoms with van der Waals surface area (Å²) in [6, 6.07) is 8.49. The summed E-state index contributed by atoms with van der Waals surface area (Å²) in [5.74, 6) is 2.59. The molecule has 0 saturated carbocycles. The number of fused-ring (bicyclic) bond motifs is 1. The Kier molecular flexibility index (Phi) is 6.20. The average Bonchev–Trinajstić information content (AvgIpc) is 3.30. The number of anilines is 1. The van der Waals surface area contributed by atoms with E-state index in [0.29, 0.717) is 17.5 Å². The molecule has 8 nitrogen and oxygen atoms in total. The molecule has 2 aromatic heterocycles. The first-order chi connectivity index (χ1) is 13.7. The van der Waals surface area contributed by atoms with Crippen LogP contribution < -0.4 is 15.9 Å². The molecule has 1 saturated heterocycles. The topological polar surface area (TPSA) is 105 Å². The SMILES string of the molecule is CN=c1[nH][s+]([O-])[nH]c1=NCCSCc1cc2ccc(N3CCOCC3)cc2o1. The molecule has 28 heavy (non-hydrogen) atoms. The molecule has 1 atom stereocenters. The Labute approximate surface area is 169 Å². The second kappa shape index (κ2) is 8.99. The van der Waals surface area contributed by atoms with Crippen LogP contribution in [0.15, 0.2) is 38.7 Å². The van der Waals surface area contributed by atoms with E-state index in [1.807, 2.05) is 0 Å². The maximum atomic E-state index is 11.4. The highest BCUT2D eigenvalue weighted by atomic mass is 32.2. The molecule has 2 N–H and O–H groups in total. The molecule has 0 radical (unpaired) electrons. The second-order valence-electron chi connectivity index (χ2n) is 6.36. The lowest BCUT2D eigenvalue weighted by Crippen LogP contribution is -2.36. The van der Waals surface area contributed by atoms with Crippen LogP contribution in [0.2, 0.25) is 0 Å². The van der Waals surface area contributed by atoms with Gasteiger partial charge in [-0.15, -0.1) is 0 Å². The van der Waals surface area contributed by atoms with Gasteiger partial charge in [0.1, 0.15) is 22.5 Å². The number of benzene rings is 1. The lowest BCUT2D eigenvalue weighted by molar-refractivity contribution is 0.122.